The fourth-order valence-corrected chi connectivity index (χ4v) is 0.621. The zero-order valence-corrected chi connectivity index (χ0v) is 5.83. The third-order valence-electron chi connectivity index (χ3n) is 1.24. The topological polar surface area (TPSA) is 77.8 Å². The van der Waals surface area contributed by atoms with Crippen LogP contribution in [0.25, 0.3) is 0 Å². The van der Waals surface area contributed by atoms with Crippen molar-refractivity contribution in [1.29, 1.82) is 0 Å². The second kappa shape index (κ2) is 2.51. The van der Waals surface area contributed by atoms with Crippen molar-refractivity contribution in [2.45, 2.75) is 13.3 Å². The lowest BCUT2D eigenvalue weighted by Gasteiger charge is -1.98. The number of aromatic nitrogens is 2. The molecule has 0 atom stereocenters. The summed E-state index contributed by atoms with van der Waals surface area (Å²) in [5, 5.41) is 0. The van der Waals surface area contributed by atoms with E-state index in [0.29, 0.717) is 11.6 Å². The van der Waals surface area contributed by atoms with Gasteiger partial charge in [0.25, 0.3) is 0 Å². The molecule has 0 radical (unpaired) electrons. The van der Waals surface area contributed by atoms with Crippen molar-refractivity contribution >= 4 is 11.6 Å². The van der Waals surface area contributed by atoms with Crippen LogP contribution in [-0.4, -0.2) is 9.97 Å². The number of aryl methyl sites for hydroxylation is 1. The molecule has 0 fully saturated rings. The van der Waals surface area contributed by atoms with Crippen LogP contribution in [0, 0.1) is 0 Å². The van der Waals surface area contributed by atoms with Crippen LogP contribution in [0.2, 0.25) is 0 Å². The van der Waals surface area contributed by atoms with Crippen LogP contribution in [0.15, 0.2) is 6.20 Å². The first-order valence-electron chi connectivity index (χ1n) is 3.11. The van der Waals surface area contributed by atoms with Gasteiger partial charge in [0.15, 0.2) is 11.6 Å². The number of hydrogen-bond acceptors (Lipinski definition) is 4. The number of nitrogens with zero attached hydrogens (tertiary/aromatic N) is 2. The van der Waals surface area contributed by atoms with Gasteiger partial charge < -0.3 is 11.5 Å². The maximum Gasteiger partial charge on any atom is 0.166 e. The summed E-state index contributed by atoms with van der Waals surface area (Å²) in [6, 6.07) is 0. The highest BCUT2D eigenvalue weighted by molar-refractivity contribution is 5.51. The van der Waals surface area contributed by atoms with Crippen LogP contribution < -0.4 is 11.5 Å². The van der Waals surface area contributed by atoms with E-state index in [-0.39, 0.29) is 0 Å². The first-order valence-corrected chi connectivity index (χ1v) is 3.11. The summed E-state index contributed by atoms with van der Waals surface area (Å²) in [5.41, 5.74) is 11.6. The Morgan fingerprint density at radius 3 is 2.60 bits per heavy atom. The van der Waals surface area contributed by atoms with E-state index in [9.17, 15) is 0 Å². The average Bonchev–Trinajstić information content (AvgIpc) is 1.95. The predicted octanol–water partition coefficient (Wildman–Crippen LogP) is 0.203. The molecule has 0 aromatic carbocycles. The first-order chi connectivity index (χ1) is 4.74. The highest BCUT2D eigenvalue weighted by atomic mass is 15.0. The lowest BCUT2D eigenvalue weighted by atomic mass is 10.3. The third kappa shape index (κ3) is 1.15. The Balaban J connectivity index is 3.04. The quantitative estimate of drug-likeness (QED) is 0.581. The molecule has 54 valence electrons. The summed E-state index contributed by atoms with van der Waals surface area (Å²) in [6.07, 6.45) is 2.46. The molecular formula is C6H10N4. The second-order valence-corrected chi connectivity index (χ2v) is 1.99. The van der Waals surface area contributed by atoms with Crippen LogP contribution in [-0.2, 0) is 6.42 Å². The molecule has 10 heavy (non-hydrogen) atoms. The summed E-state index contributed by atoms with van der Waals surface area (Å²) in [4.78, 5) is 7.82. The van der Waals surface area contributed by atoms with Crippen molar-refractivity contribution in [1.82, 2.24) is 9.97 Å². The molecule has 0 aliphatic carbocycles. The van der Waals surface area contributed by atoms with Crippen molar-refractivity contribution in [2.24, 2.45) is 0 Å². The van der Waals surface area contributed by atoms with E-state index >= 15 is 0 Å². The van der Waals surface area contributed by atoms with E-state index in [1.54, 1.807) is 6.20 Å². The summed E-state index contributed by atoms with van der Waals surface area (Å²) in [7, 11) is 0. The number of hydrogen-bond donors (Lipinski definition) is 2. The normalized spacial score (nSPS) is 9.70. The van der Waals surface area contributed by atoms with Crippen molar-refractivity contribution in [2.75, 3.05) is 11.5 Å². The summed E-state index contributed by atoms with van der Waals surface area (Å²) in [6.45, 7) is 1.99. The maximum atomic E-state index is 5.40. The van der Waals surface area contributed by atoms with E-state index in [1.807, 2.05) is 6.92 Å². The summed E-state index contributed by atoms with van der Waals surface area (Å²) in [5.74, 6) is 0.622. The Morgan fingerprint density at radius 1 is 1.40 bits per heavy atom. The third-order valence-corrected chi connectivity index (χ3v) is 1.24. The molecule has 0 bridgehead atoms. The second-order valence-electron chi connectivity index (χ2n) is 1.99. The van der Waals surface area contributed by atoms with Crippen LogP contribution in [0.5, 0.6) is 0 Å². The Morgan fingerprint density at radius 2 is 2.10 bits per heavy atom. The smallest absolute Gasteiger partial charge is 0.166 e. The predicted molar refractivity (Wildman–Crippen MR) is 40.2 cm³/mol. The van der Waals surface area contributed by atoms with Crippen LogP contribution in [0.3, 0.4) is 0 Å². The molecule has 0 unspecified atom stereocenters. The average molecular weight is 138 g/mol. The van der Waals surface area contributed by atoms with Gasteiger partial charge in [0.1, 0.15) is 0 Å². The molecule has 0 saturated carbocycles. The highest BCUT2D eigenvalue weighted by Crippen LogP contribution is 2.06. The van der Waals surface area contributed by atoms with E-state index in [1.165, 1.54) is 0 Å². The molecular weight excluding hydrogens is 128 g/mol. The summed E-state index contributed by atoms with van der Waals surface area (Å²) >= 11 is 0. The van der Waals surface area contributed by atoms with Gasteiger partial charge in [-0.3, -0.25) is 0 Å². The Kier molecular flexibility index (Phi) is 1.71. The molecule has 4 nitrogen and oxygen atoms in total. The van der Waals surface area contributed by atoms with Crippen molar-refractivity contribution in [3.8, 4) is 0 Å². The lowest BCUT2D eigenvalue weighted by molar-refractivity contribution is 1.01. The van der Waals surface area contributed by atoms with Crippen LogP contribution >= 0.6 is 0 Å². The standard InChI is InChI=1S/C6H10N4/c1-2-4-3-9-5(7)6(8)10-4/h3H,2H2,1H3,(H2,7,9)(H2,8,10). The fourth-order valence-electron chi connectivity index (χ4n) is 0.621. The molecule has 0 aliphatic heterocycles. The van der Waals surface area contributed by atoms with Gasteiger partial charge in [-0.1, -0.05) is 6.92 Å². The molecule has 0 aliphatic rings. The van der Waals surface area contributed by atoms with Gasteiger partial charge >= 0.3 is 0 Å². The minimum atomic E-state index is 0.303. The zero-order valence-electron chi connectivity index (χ0n) is 5.83. The van der Waals surface area contributed by atoms with Gasteiger partial charge in [-0.15, -0.1) is 0 Å². The molecule has 1 aromatic heterocycles. The molecule has 4 N–H and O–H groups in total. The van der Waals surface area contributed by atoms with Gasteiger partial charge in [-0.05, 0) is 6.42 Å². The number of rotatable bonds is 1. The van der Waals surface area contributed by atoms with Gasteiger partial charge in [-0.25, -0.2) is 9.97 Å². The largest absolute Gasteiger partial charge is 0.381 e. The lowest BCUT2D eigenvalue weighted by Crippen LogP contribution is -2.02. The van der Waals surface area contributed by atoms with E-state index in [4.69, 9.17) is 11.5 Å². The highest BCUT2D eigenvalue weighted by Gasteiger charge is 1.96. The molecule has 0 amide bonds. The Bertz CT molecular complexity index is 233. The number of anilines is 2. The van der Waals surface area contributed by atoms with Crippen LogP contribution in [0.4, 0.5) is 11.6 Å². The zero-order chi connectivity index (χ0) is 7.56. The molecule has 1 rings (SSSR count). The SMILES string of the molecule is CCc1cnc(N)c(N)n1. The van der Waals surface area contributed by atoms with Gasteiger partial charge in [0.05, 0.1) is 11.9 Å². The van der Waals surface area contributed by atoms with Crippen molar-refractivity contribution < 1.29 is 0 Å². The molecule has 1 heterocycles. The van der Waals surface area contributed by atoms with Crippen molar-refractivity contribution in [3.63, 3.8) is 0 Å². The molecule has 0 spiro atoms. The Hall–Kier alpha value is -1.32. The van der Waals surface area contributed by atoms with Gasteiger partial charge in [-0.2, -0.15) is 0 Å². The Labute approximate surface area is 59.3 Å². The number of nitrogens with two attached hydrogens (primary N) is 2. The van der Waals surface area contributed by atoms with E-state index in [0.717, 1.165) is 12.1 Å². The van der Waals surface area contributed by atoms with Gasteiger partial charge in [0.2, 0.25) is 0 Å². The number of nitrogen functional groups attached to an aromatic ring is 2. The minimum Gasteiger partial charge on any atom is -0.381 e. The molecule has 0 saturated heterocycles. The van der Waals surface area contributed by atoms with Crippen molar-refractivity contribution in [3.05, 3.63) is 11.9 Å². The van der Waals surface area contributed by atoms with Gasteiger partial charge in [0, 0.05) is 0 Å². The fraction of sp³-hybridized carbons (Fsp3) is 0.333. The first kappa shape index (κ1) is 6.80. The monoisotopic (exact) mass is 138 g/mol. The van der Waals surface area contributed by atoms with Crippen LogP contribution in [0.1, 0.15) is 12.6 Å². The summed E-state index contributed by atoms with van der Waals surface area (Å²) < 4.78 is 0. The van der Waals surface area contributed by atoms with E-state index < -0.39 is 0 Å². The van der Waals surface area contributed by atoms with E-state index in [2.05, 4.69) is 9.97 Å². The maximum absolute atomic E-state index is 5.40. The molecule has 1 aromatic rings. The minimum absolute atomic E-state index is 0.303. The molecule has 4 heteroatoms.